The van der Waals surface area contributed by atoms with Gasteiger partial charge in [0.05, 0.1) is 28.2 Å². The number of pyridine rings is 1. The van der Waals surface area contributed by atoms with E-state index in [1.165, 1.54) is 11.8 Å². The Morgan fingerprint density at radius 2 is 2.16 bits per heavy atom. The normalized spacial score (nSPS) is 12.2. The van der Waals surface area contributed by atoms with Crippen LogP contribution in [0.4, 0.5) is 0 Å². The van der Waals surface area contributed by atoms with Gasteiger partial charge in [-0.1, -0.05) is 30.8 Å². The second-order valence-electron chi connectivity index (χ2n) is 5.68. The van der Waals surface area contributed by atoms with Crippen LogP contribution in [-0.2, 0) is 9.53 Å². The van der Waals surface area contributed by atoms with Crippen LogP contribution >= 0.6 is 11.8 Å². The molecule has 6 heteroatoms. The number of fused-ring (bicyclic) bond motifs is 3. The third-order valence-electron chi connectivity index (χ3n) is 4.03. The Balaban J connectivity index is 2.21. The van der Waals surface area contributed by atoms with E-state index in [-0.39, 0.29) is 11.2 Å². The molecule has 0 saturated carbocycles. The Morgan fingerprint density at radius 3 is 2.84 bits per heavy atom. The van der Waals surface area contributed by atoms with E-state index in [4.69, 9.17) is 4.74 Å². The first-order valence-corrected chi connectivity index (χ1v) is 9.12. The third kappa shape index (κ3) is 3.08. The number of esters is 1. The maximum Gasteiger partial charge on any atom is 0.319 e. The number of nitrogens with zero attached hydrogens (tertiary/aromatic N) is 3. The van der Waals surface area contributed by atoms with Gasteiger partial charge in [-0.25, -0.2) is 4.98 Å². The summed E-state index contributed by atoms with van der Waals surface area (Å²) in [5.41, 5.74) is 3.80. The Labute approximate surface area is 150 Å². The molecule has 0 aliphatic carbocycles. The summed E-state index contributed by atoms with van der Waals surface area (Å²) in [4.78, 5) is 16.8. The zero-order chi connectivity index (χ0) is 18.0. The quantitative estimate of drug-likeness (QED) is 0.510. The van der Waals surface area contributed by atoms with E-state index < -0.39 is 0 Å². The molecular formula is C19H19N3O2S. The van der Waals surface area contributed by atoms with Crippen molar-refractivity contribution >= 4 is 34.4 Å². The smallest absolute Gasteiger partial charge is 0.319 e. The summed E-state index contributed by atoms with van der Waals surface area (Å²) < 4.78 is 7.15. The predicted molar refractivity (Wildman–Crippen MR) is 98.7 cm³/mol. The highest BCUT2D eigenvalue weighted by molar-refractivity contribution is 8.00. The number of carbonyl (C=O) groups is 1. The van der Waals surface area contributed by atoms with Crippen molar-refractivity contribution in [1.29, 1.82) is 5.26 Å². The van der Waals surface area contributed by atoms with Crippen LogP contribution in [0.25, 0.3) is 16.7 Å². The van der Waals surface area contributed by atoms with E-state index in [1.54, 1.807) is 0 Å². The van der Waals surface area contributed by atoms with Crippen molar-refractivity contribution in [2.24, 2.45) is 0 Å². The lowest BCUT2D eigenvalue weighted by atomic mass is 10.2. The number of aromatic nitrogens is 2. The predicted octanol–water partition coefficient (Wildman–Crippen LogP) is 4.10. The number of ether oxygens (including phenoxy) is 1. The van der Waals surface area contributed by atoms with Crippen LogP contribution in [0.3, 0.4) is 0 Å². The fraction of sp³-hybridized carbons (Fsp3) is 0.316. The summed E-state index contributed by atoms with van der Waals surface area (Å²) in [5.74, 6) is -0.213. The van der Waals surface area contributed by atoms with Crippen LogP contribution in [0.5, 0.6) is 0 Å². The van der Waals surface area contributed by atoms with Gasteiger partial charge in [-0.2, -0.15) is 5.26 Å². The van der Waals surface area contributed by atoms with Gasteiger partial charge in [0, 0.05) is 0 Å². The van der Waals surface area contributed by atoms with Crippen LogP contribution in [0, 0.1) is 18.3 Å². The maximum atomic E-state index is 12.2. The highest BCUT2D eigenvalue weighted by Crippen LogP contribution is 2.32. The molecule has 3 rings (SSSR count). The van der Waals surface area contributed by atoms with Crippen LogP contribution in [0.15, 0.2) is 35.4 Å². The molecule has 5 nitrogen and oxygen atoms in total. The Hall–Kier alpha value is -2.52. The molecule has 0 fully saturated rings. The molecule has 0 saturated heterocycles. The molecule has 0 aliphatic rings. The topological polar surface area (TPSA) is 67.4 Å². The van der Waals surface area contributed by atoms with Crippen molar-refractivity contribution in [2.45, 2.75) is 37.5 Å². The highest BCUT2D eigenvalue weighted by Gasteiger charge is 2.23. The van der Waals surface area contributed by atoms with Gasteiger partial charge in [-0.15, -0.1) is 0 Å². The summed E-state index contributed by atoms with van der Waals surface area (Å²) in [5, 5.41) is 10.1. The average molecular weight is 353 g/mol. The zero-order valence-corrected chi connectivity index (χ0v) is 15.3. The van der Waals surface area contributed by atoms with Crippen molar-refractivity contribution in [1.82, 2.24) is 9.38 Å². The summed E-state index contributed by atoms with van der Waals surface area (Å²) in [6, 6.07) is 12.0. The van der Waals surface area contributed by atoms with Gasteiger partial charge >= 0.3 is 5.97 Å². The van der Waals surface area contributed by atoms with Gasteiger partial charge in [0.25, 0.3) is 0 Å². The molecule has 128 valence electrons. The van der Waals surface area contributed by atoms with E-state index in [0.717, 1.165) is 21.6 Å². The second-order valence-corrected chi connectivity index (χ2v) is 6.90. The van der Waals surface area contributed by atoms with E-state index in [1.807, 2.05) is 55.5 Å². The van der Waals surface area contributed by atoms with Crippen molar-refractivity contribution in [3.8, 4) is 6.07 Å². The Bertz CT molecular complexity index is 988. The largest absolute Gasteiger partial charge is 0.465 e. The zero-order valence-electron chi connectivity index (χ0n) is 14.4. The highest BCUT2D eigenvalue weighted by atomic mass is 32.2. The minimum absolute atomic E-state index is 0.213. The fourth-order valence-corrected chi connectivity index (χ4v) is 3.98. The molecule has 0 radical (unpaired) electrons. The molecule has 0 spiro atoms. The number of nitriles is 1. The van der Waals surface area contributed by atoms with Crippen molar-refractivity contribution in [2.75, 3.05) is 6.61 Å². The molecule has 0 bridgehead atoms. The molecule has 2 aromatic heterocycles. The molecular weight excluding hydrogens is 334 g/mol. The Kier molecular flexibility index (Phi) is 4.95. The lowest BCUT2D eigenvalue weighted by Crippen LogP contribution is -2.19. The number of hydrogen-bond acceptors (Lipinski definition) is 5. The SMILES string of the molecule is CCOC(=O)[C@H](CC)Sc1cc(C)c(C#N)c2nc3ccccc3n12. The lowest BCUT2D eigenvalue weighted by Gasteiger charge is -2.15. The van der Waals surface area contributed by atoms with Gasteiger partial charge < -0.3 is 4.74 Å². The molecule has 0 N–H and O–H groups in total. The summed E-state index contributed by atoms with van der Waals surface area (Å²) >= 11 is 1.46. The molecule has 1 aromatic carbocycles. The number of thioether (sulfide) groups is 1. The van der Waals surface area contributed by atoms with Crippen LogP contribution in [0.1, 0.15) is 31.4 Å². The number of hydrogen-bond donors (Lipinski definition) is 0. The second kappa shape index (κ2) is 7.16. The van der Waals surface area contributed by atoms with Gasteiger partial charge in [0.15, 0.2) is 5.65 Å². The van der Waals surface area contributed by atoms with Crippen molar-refractivity contribution in [3.05, 3.63) is 41.5 Å². The number of aryl methyl sites for hydroxylation is 1. The van der Waals surface area contributed by atoms with Crippen molar-refractivity contribution in [3.63, 3.8) is 0 Å². The van der Waals surface area contributed by atoms with Gasteiger partial charge in [-0.3, -0.25) is 9.20 Å². The summed E-state index contributed by atoms with van der Waals surface area (Å²) in [6.07, 6.45) is 0.663. The third-order valence-corrected chi connectivity index (χ3v) is 5.39. The standard InChI is InChI=1S/C19H19N3O2S/c1-4-16(19(23)24-5-2)25-17-10-12(3)13(11-20)18-21-14-8-6-7-9-15(14)22(17)18/h6-10,16H,4-5H2,1-3H3/t16-/m0/s1. The monoisotopic (exact) mass is 353 g/mol. The van der Waals surface area contributed by atoms with Crippen LogP contribution in [0.2, 0.25) is 0 Å². The van der Waals surface area contributed by atoms with Gasteiger partial charge in [0.1, 0.15) is 11.3 Å². The maximum absolute atomic E-state index is 12.2. The number of benzene rings is 1. The molecule has 25 heavy (non-hydrogen) atoms. The fourth-order valence-electron chi connectivity index (χ4n) is 2.82. The summed E-state index contributed by atoms with van der Waals surface area (Å²) in [6.45, 7) is 6.04. The minimum Gasteiger partial charge on any atom is -0.465 e. The average Bonchev–Trinajstić information content (AvgIpc) is 2.99. The molecule has 0 aliphatic heterocycles. The van der Waals surface area contributed by atoms with E-state index in [0.29, 0.717) is 24.2 Å². The van der Waals surface area contributed by atoms with Crippen molar-refractivity contribution < 1.29 is 9.53 Å². The van der Waals surface area contributed by atoms with E-state index >= 15 is 0 Å². The number of imidazole rings is 1. The van der Waals surface area contributed by atoms with Crippen LogP contribution < -0.4 is 0 Å². The number of rotatable bonds is 5. The first-order valence-electron chi connectivity index (χ1n) is 8.24. The summed E-state index contributed by atoms with van der Waals surface area (Å²) in [7, 11) is 0. The lowest BCUT2D eigenvalue weighted by molar-refractivity contribution is -0.142. The number of para-hydroxylation sites is 2. The van der Waals surface area contributed by atoms with Gasteiger partial charge in [0.2, 0.25) is 0 Å². The molecule has 0 unspecified atom stereocenters. The Morgan fingerprint density at radius 1 is 1.40 bits per heavy atom. The van der Waals surface area contributed by atoms with E-state index in [9.17, 15) is 10.1 Å². The first kappa shape index (κ1) is 17.3. The minimum atomic E-state index is -0.295. The molecule has 1 atom stereocenters. The first-order chi connectivity index (χ1) is 12.1. The molecule has 3 aromatic rings. The number of carbonyl (C=O) groups excluding carboxylic acids is 1. The van der Waals surface area contributed by atoms with Gasteiger partial charge in [-0.05, 0) is 44.0 Å². The van der Waals surface area contributed by atoms with E-state index in [2.05, 4.69) is 11.1 Å². The molecule has 0 amide bonds. The molecule has 2 heterocycles. The van der Waals surface area contributed by atoms with Crippen LogP contribution in [-0.4, -0.2) is 27.2 Å².